The van der Waals surface area contributed by atoms with Gasteiger partial charge in [0.25, 0.3) is 5.91 Å². The van der Waals surface area contributed by atoms with Crippen LogP contribution in [0.2, 0.25) is 0 Å². The quantitative estimate of drug-likeness (QED) is 0.789. The summed E-state index contributed by atoms with van der Waals surface area (Å²) in [6.45, 7) is 3.92. The van der Waals surface area contributed by atoms with Crippen LogP contribution in [0.25, 0.3) is 0 Å². The van der Waals surface area contributed by atoms with E-state index in [1.165, 1.54) is 0 Å². The summed E-state index contributed by atoms with van der Waals surface area (Å²) in [6.07, 6.45) is 1.49. The first kappa shape index (κ1) is 14.1. The van der Waals surface area contributed by atoms with Crippen molar-refractivity contribution < 1.29 is 14.7 Å². The lowest BCUT2D eigenvalue weighted by atomic mass is 9.69. The summed E-state index contributed by atoms with van der Waals surface area (Å²) in [5, 5.41) is 10.7. The van der Waals surface area contributed by atoms with Crippen molar-refractivity contribution in [2.24, 2.45) is 5.41 Å². The molecule has 1 saturated heterocycles. The van der Waals surface area contributed by atoms with Crippen molar-refractivity contribution in [3.8, 4) is 0 Å². The Morgan fingerprint density at radius 3 is 2.80 bits per heavy atom. The van der Waals surface area contributed by atoms with Crippen LogP contribution in [0.5, 0.6) is 0 Å². The van der Waals surface area contributed by atoms with E-state index in [0.29, 0.717) is 31.6 Å². The molecular weight excluding hydrogens is 278 g/mol. The molecule has 0 aromatic heterocycles. The minimum absolute atomic E-state index is 0.0318. The van der Waals surface area contributed by atoms with Crippen LogP contribution < -0.4 is 0 Å². The van der Waals surface area contributed by atoms with Crippen molar-refractivity contribution >= 4 is 23.3 Å². The Kier molecular flexibility index (Phi) is 3.22. The molecule has 0 radical (unpaired) electrons. The first-order chi connectivity index (χ1) is 9.41. The predicted octanol–water partition coefficient (Wildman–Crippen LogP) is 1.65. The van der Waals surface area contributed by atoms with E-state index >= 15 is 0 Å². The van der Waals surface area contributed by atoms with Gasteiger partial charge in [0, 0.05) is 35.8 Å². The Labute approximate surface area is 123 Å². The Morgan fingerprint density at radius 2 is 2.15 bits per heavy atom. The van der Waals surface area contributed by atoms with Crippen LogP contribution >= 0.6 is 11.6 Å². The van der Waals surface area contributed by atoms with E-state index in [-0.39, 0.29) is 29.2 Å². The van der Waals surface area contributed by atoms with Gasteiger partial charge in [-0.2, -0.15) is 0 Å². The molecule has 0 spiro atoms. The fraction of sp³-hybridized carbons (Fsp3) is 0.733. The molecule has 0 aromatic carbocycles. The van der Waals surface area contributed by atoms with Crippen molar-refractivity contribution in [2.45, 2.75) is 57.7 Å². The second kappa shape index (κ2) is 4.57. The Bertz CT molecular complexity index is 515. The Balaban J connectivity index is 2.02. The molecule has 20 heavy (non-hydrogen) atoms. The Hall–Kier alpha value is -0.870. The zero-order valence-corrected chi connectivity index (χ0v) is 12.6. The number of halogens is 1. The molecule has 0 unspecified atom stereocenters. The minimum atomic E-state index is -0.586. The molecule has 2 fully saturated rings. The minimum Gasteiger partial charge on any atom is -0.390 e. The molecule has 4 atom stereocenters. The van der Waals surface area contributed by atoms with Gasteiger partial charge in [0.05, 0.1) is 12.1 Å². The number of rotatable bonds is 2. The summed E-state index contributed by atoms with van der Waals surface area (Å²) >= 11 is 5.77. The molecule has 4 nitrogen and oxygen atoms in total. The molecule has 3 aliphatic rings. The number of fused-ring (bicyclic) bond motifs is 3. The van der Waals surface area contributed by atoms with E-state index in [9.17, 15) is 14.7 Å². The van der Waals surface area contributed by atoms with Crippen molar-refractivity contribution in [3.05, 3.63) is 11.1 Å². The largest absolute Gasteiger partial charge is 0.390 e. The van der Waals surface area contributed by atoms with E-state index in [1.807, 2.05) is 13.8 Å². The summed E-state index contributed by atoms with van der Waals surface area (Å²) < 4.78 is 0. The molecular formula is C15H20ClNO3. The molecule has 0 aromatic rings. The van der Waals surface area contributed by atoms with E-state index in [2.05, 4.69) is 0 Å². The van der Waals surface area contributed by atoms with Crippen molar-refractivity contribution in [3.63, 3.8) is 0 Å². The van der Waals surface area contributed by atoms with Gasteiger partial charge in [0.1, 0.15) is 5.78 Å². The predicted molar refractivity (Wildman–Crippen MR) is 75.4 cm³/mol. The van der Waals surface area contributed by atoms with Crippen molar-refractivity contribution in [1.82, 2.24) is 4.90 Å². The maximum atomic E-state index is 12.6. The maximum Gasteiger partial charge on any atom is 0.250 e. The number of alkyl halides is 1. The summed E-state index contributed by atoms with van der Waals surface area (Å²) in [4.78, 5) is 26.2. The topological polar surface area (TPSA) is 57.6 Å². The van der Waals surface area contributed by atoms with Gasteiger partial charge in [0.15, 0.2) is 0 Å². The highest BCUT2D eigenvalue weighted by atomic mass is 35.5. The normalized spacial score (nSPS) is 40.4. The lowest BCUT2D eigenvalue weighted by Crippen LogP contribution is -2.47. The van der Waals surface area contributed by atoms with Gasteiger partial charge >= 0.3 is 0 Å². The highest BCUT2D eigenvalue weighted by Gasteiger charge is 2.62. The van der Waals surface area contributed by atoms with Gasteiger partial charge in [0.2, 0.25) is 0 Å². The number of aliphatic hydroxyl groups is 1. The third-order valence-electron chi connectivity index (χ3n) is 5.49. The summed E-state index contributed by atoms with van der Waals surface area (Å²) in [5.41, 5.74) is 1.30. The molecule has 3 rings (SSSR count). The lowest BCUT2D eigenvalue weighted by molar-refractivity contribution is -0.132. The molecule has 0 bridgehead atoms. The van der Waals surface area contributed by atoms with E-state index in [0.717, 1.165) is 11.1 Å². The van der Waals surface area contributed by atoms with Crippen LogP contribution in [0.15, 0.2) is 11.1 Å². The molecule has 1 amide bonds. The number of aliphatic hydroxyl groups excluding tert-OH is 1. The third kappa shape index (κ3) is 1.64. The summed E-state index contributed by atoms with van der Waals surface area (Å²) in [5.74, 6) is 0.558. The summed E-state index contributed by atoms with van der Waals surface area (Å²) in [6, 6.07) is -0.430. The van der Waals surface area contributed by atoms with Gasteiger partial charge < -0.3 is 10.0 Å². The molecule has 1 aliphatic carbocycles. The summed E-state index contributed by atoms with van der Waals surface area (Å²) in [7, 11) is 0. The average Bonchev–Trinajstić information content (AvgIpc) is 2.78. The number of carbonyl (C=O) groups excluding carboxylic acids is 2. The highest BCUT2D eigenvalue weighted by Crippen LogP contribution is 2.53. The zero-order valence-electron chi connectivity index (χ0n) is 11.9. The highest BCUT2D eigenvalue weighted by molar-refractivity contribution is 6.18. The number of ketones is 1. The van der Waals surface area contributed by atoms with Gasteiger partial charge in [-0.1, -0.05) is 6.92 Å². The number of nitrogens with zero attached hydrogens (tertiary/aromatic N) is 1. The van der Waals surface area contributed by atoms with Gasteiger partial charge in [-0.25, -0.2) is 0 Å². The van der Waals surface area contributed by atoms with Crippen LogP contribution in [0.1, 0.15) is 39.5 Å². The molecule has 1 saturated carbocycles. The molecule has 1 N–H and O–H groups in total. The van der Waals surface area contributed by atoms with E-state index in [4.69, 9.17) is 11.6 Å². The molecule has 110 valence electrons. The van der Waals surface area contributed by atoms with Crippen LogP contribution in [0, 0.1) is 5.41 Å². The SMILES string of the molecule is CC1=C(CCCl)C(=O)N2[C@H]1[C@@H](O)[C@@]1(C)CCC(=O)C[C@@H]21. The second-order valence-electron chi connectivity index (χ2n) is 6.47. The second-order valence-corrected chi connectivity index (χ2v) is 6.85. The van der Waals surface area contributed by atoms with Crippen molar-refractivity contribution in [2.75, 3.05) is 5.88 Å². The average molecular weight is 298 g/mol. The van der Waals surface area contributed by atoms with E-state index in [1.54, 1.807) is 4.90 Å². The van der Waals surface area contributed by atoms with Crippen LogP contribution in [0.4, 0.5) is 0 Å². The van der Waals surface area contributed by atoms with Crippen molar-refractivity contribution in [1.29, 1.82) is 0 Å². The van der Waals surface area contributed by atoms with Gasteiger partial charge in [-0.3, -0.25) is 9.59 Å². The fourth-order valence-electron chi connectivity index (χ4n) is 4.21. The molecule has 2 aliphatic heterocycles. The molecule has 5 heteroatoms. The molecule has 2 heterocycles. The number of Topliss-reactive ketones (excluding diaryl/α,β-unsaturated/α-hetero) is 1. The standard InChI is InChI=1S/C15H20ClNO3/c1-8-10(4-6-16)14(20)17-11-7-9(18)3-5-15(11,2)13(19)12(8)17/h11-13,19H,3-7H2,1-2H3/t11-,12-,13-,15+/m1/s1. The first-order valence-electron chi connectivity index (χ1n) is 7.20. The van der Waals surface area contributed by atoms with Gasteiger partial charge in [-0.05, 0) is 25.3 Å². The number of carbonyl (C=O) groups is 2. The van der Waals surface area contributed by atoms with Crippen LogP contribution in [-0.2, 0) is 9.59 Å². The zero-order chi connectivity index (χ0) is 14.7. The Morgan fingerprint density at radius 1 is 1.45 bits per heavy atom. The van der Waals surface area contributed by atoms with Crippen LogP contribution in [-0.4, -0.2) is 45.8 Å². The smallest absolute Gasteiger partial charge is 0.250 e. The number of amides is 1. The number of hydrogen-bond donors (Lipinski definition) is 1. The first-order valence-corrected chi connectivity index (χ1v) is 7.73. The third-order valence-corrected chi connectivity index (χ3v) is 5.68. The van der Waals surface area contributed by atoms with Gasteiger partial charge in [-0.15, -0.1) is 11.6 Å². The monoisotopic (exact) mass is 297 g/mol. The number of hydrogen-bond acceptors (Lipinski definition) is 3. The van der Waals surface area contributed by atoms with E-state index < -0.39 is 6.10 Å². The lowest BCUT2D eigenvalue weighted by Gasteiger charge is -2.39. The maximum absolute atomic E-state index is 12.6. The van der Waals surface area contributed by atoms with Crippen LogP contribution in [0.3, 0.4) is 0 Å². The fourth-order valence-corrected chi connectivity index (χ4v) is 4.40.